The van der Waals surface area contributed by atoms with Gasteiger partial charge in [0.05, 0.1) is 19.1 Å². The van der Waals surface area contributed by atoms with E-state index in [-0.39, 0.29) is 23.0 Å². The fraction of sp³-hybridized carbons (Fsp3) is 0.632. The smallest absolute Gasteiger partial charge is 0.312 e. The molecule has 0 fully saturated rings. The molecule has 0 saturated carbocycles. The molecule has 1 aromatic rings. The largest absolute Gasteiger partial charge is 0.469 e. The SMILES string of the molecule is COC(=O)C(CNCc1ccccc1)C(C)O[Si](C)(C)C(C)(C)C. The molecule has 0 spiro atoms. The summed E-state index contributed by atoms with van der Waals surface area (Å²) in [4.78, 5) is 12.2. The summed E-state index contributed by atoms with van der Waals surface area (Å²) >= 11 is 0. The number of benzene rings is 1. The summed E-state index contributed by atoms with van der Waals surface area (Å²) in [5.41, 5.74) is 1.19. The molecule has 0 aliphatic rings. The fourth-order valence-corrected chi connectivity index (χ4v) is 3.73. The summed E-state index contributed by atoms with van der Waals surface area (Å²) in [6.45, 7) is 14.3. The van der Waals surface area contributed by atoms with Gasteiger partial charge >= 0.3 is 5.97 Å². The minimum atomic E-state index is -1.93. The summed E-state index contributed by atoms with van der Waals surface area (Å²) in [6.07, 6.45) is -0.179. The molecule has 0 aromatic heterocycles. The Labute approximate surface area is 148 Å². The van der Waals surface area contributed by atoms with Crippen LogP contribution in [0.5, 0.6) is 0 Å². The van der Waals surface area contributed by atoms with E-state index in [1.807, 2.05) is 25.1 Å². The summed E-state index contributed by atoms with van der Waals surface area (Å²) < 4.78 is 11.4. The third-order valence-electron chi connectivity index (χ3n) is 4.89. The van der Waals surface area contributed by atoms with Gasteiger partial charge < -0.3 is 14.5 Å². The normalized spacial score (nSPS) is 15.0. The lowest BCUT2D eigenvalue weighted by atomic mass is 10.0. The highest BCUT2D eigenvalue weighted by Gasteiger charge is 2.40. The molecule has 24 heavy (non-hydrogen) atoms. The molecule has 2 atom stereocenters. The van der Waals surface area contributed by atoms with Crippen molar-refractivity contribution in [2.75, 3.05) is 13.7 Å². The van der Waals surface area contributed by atoms with Crippen molar-refractivity contribution in [1.82, 2.24) is 5.32 Å². The number of carbonyl (C=O) groups excluding carboxylic acids is 1. The summed E-state index contributed by atoms with van der Waals surface area (Å²) in [5, 5.41) is 3.47. The molecule has 0 amide bonds. The Kier molecular flexibility index (Phi) is 7.64. The maximum Gasteiger partial charge on any atom is 0.312 e. The second kappa shape index (κ2) is 8.79. The van der Waals surface area contributed by atoms with E-state index in [9.17, 15) is 4.79 Å². The first-order valence-corrected chi connectivity index (χ1v) is 11.5. The topological polar surface area (TPSA) is 47.6 Å². The van der Waals surface area contributed by atoms with E-state index in [0.717, 1.165) is 6.54 Å². The molecule has 136 valence electrons. The summed E-state index contributed by atoms with van der Waals surface area (Å²) in [7, 11) is -0.492. The standard InChI is InChI=1S/C19H33NO3Si/c1-15(23-24(6,7)19(2,3)4)17(18(21)22-5)14-20-13-16-11-9-8-10-12-16/h8-12,15,17,20H,13-14H2,1-7H3. The monoisotopic (exact) mass is 351 g/mol. The van der Waals surface area contributed by atoms with Crippen LogP contribution < -0.4 is 5.32 Å². The molecular weight excluding hydrogens is 318 g/mol. The Morgan fingerprint density at radius 2 is 1.79 bits per heavy atom. The van der Waals surface area contributed by atoms with Gasteiger partial charge in [0.2, 0.25) is 0 Å². The number of carbonyl (C=O) groups is 1. The average Bonchev–Trinajstić information content (AvgIpc) is 2.50. The van der Waals surface area contributed by atoms with Crippen molar-refractivity contribution in [3.8, 4) is 0 Å². The Morgan fingerprint density at radius 1 is 1.21 bits per heavy atom. The molecule has 0 heterocycles. The van der Waals surface area contributed by atoms with E-state index in [1.165, 1.54) is 12.7 Å². The Bertz CT molecular complexity index is 511. The van der Waals surface area contributed by atoms with Gasteiger partial charge in [-0.1, -0.05) is 51.1 Å². The second-order valence-corrected chi connectivity index (χ2v) is 12.6. The van der Waals surface area contributed by atoms with Gasteiger partial charge in [-0.2, -0.15) is 0 Å². The molecule has 0 aliphatic carbocycles. The lowest BCUT2D eigenvalue weighted by Crippen LogP contribution is -2.48. The molecule has 4 nitrogen and oxygen atoms in total. The highest BCUT2D eigenvalue weighted by atomic mass is 28.4. The molecule has 1 N–H and O–H groups in total. The van der Waals surface area contributed by atoms with Crippen molar-refractivity contribution >= 4 is 14.3 Å². The maximum absolute atomic E-state index is 12.2. The minimum Gasteiger partial charge on any atom is -0.469 e. The molecule has 2 unspecified atom stereocenters. The summed E-state index contributed by atoms with van der Waals surface area (Å²) in [6, 6.07) is 10.2. The molecular formula is C19H33NO3Si. The predicted octanol–water partition coefficient (Wildman–Crippen LogP) is 3.98. The highest BCUT2D eigenvalue weighted by Crippen LogP contribution is 2.38. The number of hydrogen-bond acceptors (Lipinski definition) is 4. The van der Waals surface area contributed by atoms with Crippen LogP contribution in [0.4, 0.5) is 0 Å². The number of esters is 1. The third-order valence-corrected chi connectivity index (χ3v) is 9.47. The molecule has 0 aliphatic heterocycles. The van der Waals surface area contributed by atoms with Crippen LogP contribution in [0.15, 0.2) is 30.3 Å². The predicted molar refractivity (Wildman–Crippen MR) is 101 cm³/mol. The molecule has 1 aromatic carbocycles. The third kappa shape index (κ3) is 6.04. The Balaban J connectivity index is 2.69. The molecule has 5 heteroatoms. The van der Waals surface area contributed by atoms with E-state index >= 15 is 0 Å². The van der Waals surface area contributed by atoms with Gasteiger partial charge in [-0.3, -0.25) is 4.79 Å². The average molecular weight is 352 g/mol. The van der Waals surface area contributed by atoms with Crippen LogP contribution in [-0.4, -0.2) is 34.0 Å². The fourth-order valence-electron chi connectivity index (χ4n) is 2.28. The lowest BCUT2D eigenvalue weighted by molar-refractivity contribution is -0.148. The lowest BCUT2D eigenvalue weighted by Gasteiger charge is -2.40. The van der Waals surface area contributed by atoms with Gasteiger partial charge in [0.25, 0.3) is 0 Å². The molecule has 1 rings (SSSR count). The van der Waals surface area contributed by atoms with Crippen molar-refractivity contribution in [3.63, 3.8) is 0 Å². The van der Waals surface area contributed by atoms with Gasteiger partial charge in [-0.05, 0) is 30.6 Å². The number of nitrogens with one attached hydrogen (secondary N) is 1. The van der Waals surface area contributed by atoms with Crippen molar-refractivity contribution in [2.24, 2.45) is 5.92 Å². The van der Waals surface area contributed by atoms with Crippen molar-refractivity contribution in [2.45, 2.75) is 58.5 Å². The van der Waals surface area contributed by atoms with Gasteiger partial charge in [0.1, 0.15) is 0 Å². The van der Waals surface area contributed by atoms with Crippen molar-refractivity contribution < 1.29 is 14.0 Å². The van der Waals surface area contributed by atoms with Gasteiger partial charge in [0.15, 0.2) is 8.32 Å². The zero-order valence-electron chi connectivity index (χ0n) is 16.2. The van der Waals surface area contributed by atoms with Crippen LogP contribution in [0.2, 0.25) is 18.1 Å². The van der Waals surface area contributed by atoms with E-state index < -0.39 is 8.32 Å². The van der Waals surface area contributed by atoms with Crippen LogP contribution >= 0.6 is 0 Å². The van der Waals surface area contributed by atoms with Gasteiger partial charge in [-0.25, -0.2) is 0 Å². The van der Waals surface area contributed by atoms with Crippen LogP contribution in [0.25, 0.3) is 0 Å². The van der Waals surface area contributed by atoms with Crippen LogP contribution in [0, 0.1) is 5.92 Å². The van der Waals surface area contributed by atoms with E-state index in [4.69, 9.17) is 9.16 Å². The zero-order chi connectivity index (χ0) is 18.4. The van der Waals surface area contributed by atoms with Crippen molar-refractivity contribution in [3.05, 3.63) is 35.9 Å². The summed E-state index contributed by atoms with van der Waals surface area (Å²) in [5.74, 6) is -0.533. The number of rotatable bonds is 8. The van der Waals surface area contributed by atoms with Gasteiger partial charge in [-0.15, -0.1) is 0 Å². The Hall–Kier alpha value is -1.17. The quantitative estimate of drug-likeness (QED) is 0.568. The van der Waals surface area contributed by atoms with Crippen LogP contribution in [-0.2, 0) is 20.5 Å². The molecule has 0 radical (unpaired) electrons. The van der Waals surface area contributed by atoms with Crippen LogP contribution in [0.3, 0.4) is 0 Å². The van der Waals surface area contributed by atoms with Crippen LogP contribution in [0.1, 0.15) is 33.3 Å². The first kappa shape index (κ1) is 20.9. The number of methoxy groups -OCH3 is 1. The molecule has 0 saturated heterocycles. The van der Waals surface area contributed by atoms with E-state index in [2.05, 4.69) is 51.3 Å². The highest BCUT2D eigenvalue weighted by molar-refractivity contribution is 6.74. The molecule has 0 bridgehead atoms. The first-order valence-electron chi connectivity index (χ1n) is 8.59. The maximum atomic E-state index is 12.2. The van der Waals surface area contributed by atoms with Gasteiger partial charge in [0, 0.05) is 13.1 Å². The second-order valence-electron chi connectivity index (χ2n) is 7.83. The van der Waals surface area contributed by atoms with E-state index in [0.29, 0.717) is 6.54 Å². The van der Waals surface area contributed by atoms with E-state index in [1.54, 1.807) is 0 Å². The zero-order valence-corrected chi connectivity index (χ0v) is 17.2. The van der Waals surface area contributed by atoms with Crippen molar-refractivity contribution in [1.29, 1.82) is 0 Å². The first-order chi connectivity index (χ1) is 11.1. The number of ether oxygens (including phenoxy) is 1. The minimum absolute atomic E-state index is 0.111. The Morgan fingerprint density at radius 3 is 2.29 bits per heavy atom. The number of hydrogen-bond donors (Lipinski definition) is 1.